The Balaban J connectivity index is 1.33. The van der Waals surface area contributed by atoms with Crippen LogP contribution in [-0.4, -0.2) is 54.6 Å². The van der Waals surface area contributed by atoms with E-state index >= 15 is 0 Å². The van der Waals surface area contributed by atoms with Crippen molar-refractivity contribution >= 4 is 23.3 Å². The number of nitrogens with zero attached hydrogens (tertiary/aromatic N) is 2. The molecule has 0 radical (unpaired) electrons. The van der Waals surface area contributed by atoms with E-state index in [1.807, 2.05) is 24.3 Å². The molecule has 2 aliphatic heterocycles. The number of carbonyl (C=O) groups excluding carboxylic acids is 1. The number of amides is 1. The van der Waals surface area contributed by atoms with Crippen LogP contribution in [0.15, 0.2) is 81.9 Å². The largest absolute Gasteiger partial charge is 0.497 e. The molecule has 5 rings (SSSR count). The van der Waals surface area contributed by atoms with Crippen LogP contribution in [0.1, 0.15) is 42.7 Å². The van der Waals surface area contributed by atoms with Crippen LogP contribution >= 0.6 is 0 Å². The fraction of sp³-hybridized carbons (Fsp3) is 0.290. The normalized spacial score (nSPS) is 21.4. The van der Waals surface area contributed by atoms with Gasteiger partial charge in [0.15, 0.2) is 6.04 Å². The van der Waals surface area contributed by atoms with E-state index in [1.165, 1.54) is 17.7 Å². The topological polar surface area (TPSA) is 92.8 Å². The zero-order valence-electron chi connectivity index (χ0n) is 21.6. The molecule has 198 valence electrons. The number of hydrogen-bond acceptors (Lipinski definition) is 5. The maximum absolute atomic E-state index is 13.6. The number of nitrogens with one attached hydrogen (secondary N) is 1. The zero-order valence-corrected chi connectivity index (χ0v) is 21.6. The number of rotatable bonds is 9. The second kappa shape index (κ2) is 11.6. The number of benzene rings is 2. The van der Waals surface area contributed by atoms with Crippen LogP contribution < -0.4 is 9.64 Å². The maximum atomic E-state index is 13.6. The summed E-state index contributed by atoms with van der Waals surface area (Å²) in [5.74, 6) is 5.98. The molecule has 1 saturated heterocycles. The minimum Gasteiger partial charge on any atom is -0.497 e. The lowest BCUT2D eigenvalue weighted by Crippen LogP contribution is -3.21. The van der Waals surface area contributed by atoms with Crippen LogP contribution in [0.2, 0.25) is 0 Å². The molecule has 1 unspecified atom stereocenters. The Kier molecular flexibility index (Phi) is 7.80. The number of methoxy groups -OCH3 is 1. The van der Waals surface area contributed by atoms with E-state index in [-0.39, 0.29) is 18.1 Å². The first kappa shape index (κ1) is 26.3. The van der Waals surface area contributed by atoms with Crippen molar-refractivity contribution in [2.75, 3.05) is 20.2 Å². The monoisotopic (exact) mass is 526 g/mol. The van der Waals surface area contributed by atoms with E-state index in [4.69, 9.17) is 19.8 Å². The van der Waals surface area contributed by atoms with Gasteiger partial charge in [-0.25, -0.2) is 9.18 Å². The van der Waals surface area contributed by atoms with Crippen molar-refractivity contribution in [2.45, 2.75) is 37.6 Å². The number of quaternary nitrogens is 1. The van der Waals surface area contributed by atoms with E-state index in [0.717, 1.165) is 16.2 Å². The molecule has 2 aromatic rings. The van der Waals surface area contributed by atoms with Gasteiger partial charge >= 0.3 is 11.9 Å². The maximum Gasteiger partial charge on any atom is 0.345 e. The smallest absolute Gasteiger partial charge is 0.345 e. The third-order valence-corrected chi connectivity index (χ3v) is 7.15. The molecule has 1 atom stereocenters. The quantitative estimate of drug-likeness (QED) is 0.388. The number of allylic oxidation sites excluding steroid dienone is 1. The van der Waals surface area contributed by atoms with Gasteiger partial charge in [-0.05, 0) is 67.3 Å². The van der Waals surface area contributed by atoms with Gasteiger partial charge in [-0.2, -0.15) is 0 Å². The Bertz CT molecular complexity index is 1450. The minimum atomic E-state index is -0.842. The lowest BCUT2D eigenvalue weighted by atomic mass is 9.90. The molecule has 2 N–H and O–H groups in total. The number of hydrogen-bond donors (Lipinski definition) is 2. The van der Waals surface area contributed by atoms with Gasteiger partial charge in [0, 0.05) is 18.1 Å². The SMILES string of the molecule is COc1ccc(C2C[NH+](C(=O)C3=CC#CC4N=C(c5ccc(F)cc5)C(CCCCC(=O)O)=NC4=C3)C2)cc1. The van der Waals surface area contributed by atoms with Crippen molar-refractivity contribution in [3.63, 3.8) is 0 Å². The van der Waals surface area contributed by atoms with Crippen molar-refractivity contribution in [1.29, 1.82) is 0 Å². The summed E-state index contributed by atoms with van der Waals surface area (Å²) in [7, 11) is 1.64. The first-order valence-corrected chi connectivity index (χ1v) is 13.0. The van der Waals surface area contributed by atoms with Gasteiger partial charge in [0.25, 0.3) is 0 Å². The Hall–Kier alpha value is -4.35. The predicted molar refractivity (Wildman–Crippen MR) is 146 cm³/mol. The van der Waals surface area contributed by atoms with Gasteiger partial charge in [0.2, 0.25) is 0 Å². The number of aliphatic carboxylic acids is 1. The molecule has 1 fully saturated rings. The van der Waals surface area contributed by atoms with E-state index in [1.54, 1.807) is 31.4 Å². The fourth-order valence-corrected chi connectivity index (χ4v) is 4.92. The molecule has 0 bridgehead atoms. The van der Waals surface area contributed by atoms with Crippen LogP contribution in [0.3, 0.4) is 0 Å². The first-order chi connectivity index (χ1) is 18.9. The Labute approximate surface area is 226 Å². The van der Waals surface area contributed by atoms with Crippen molar-refractivity contribution < 1.29 is 28.7 Å². The van der Waals surface area contributed by atoms with Crippen LogP contribution in [0.5, 0.6) is 5.75 Å². The number of ether oxygens (including phenoxy) is 1. The molecule has 1 amide bonds. The highest BCUT2D eigenvalue weighted by molar-refractivity contribution is 6.49. The van der Waals surface area contributed by atoms with E-state index in [9.17, 15) is 14.0 Å². The Morgan fingerprint density at radius 3 is 2.54 bits per heavy atom. The molecule has 0 saturated carbocycles. The second-order valence-corrected chi connectivity index (χ2v) is 9.82. The van der Waals surface area contributed by atoms with E-state index in [2.05, 4.69) is 11.8 Å². The van der Waals surface area contributed by atoms with Gasteiger partial charge in [-0.1, -0.05) is 24.0 Å². The van der Waals surface area contributed by atoms with E-state index < -0.39 is 12.0 Å². The third kappa shape index (κ3) is 6.05. The molecule has 0 aromatic heterocycles. The summed E-state index contributed by atoms with van der Waals surface area (Å²) in [6, 6.07) is 13.5. The standard InChI is InChI=1S/C31H28FN3O4/c1-39-25-15-11-20(12-16-25)23-18-35(19-23)31(38)22-5-4-7-26-28(17-22)33-27(6-2-3-8-29(36)37)30(34-26)21-9-13-24(32)14-10-21/h5,9-17,23,26H,2-3,6,8,18-19H2,1H3,(H,36,37)/p+1. The molecule has 3 aliphatic rings. The second-order valence-electron chi connectivity index (χ2n) is 9.82. The number of carboxylic acid groups (broad SMARTS) is 1. The number of likely N-dealkylation sites (tertiary alicyclic amines) is 1. The minimum absolute atomic E-state index is 0.0197. The van der Waals surface area contributed by atoms with Crippen molar-refractivity contribution in [3.8, 4) is 17.6 Å². The lowest BCUT2D eigenvalue weighted by molar-refractivity contribution is -0.865. The van der Waals surface area contributed by atoms with Crippen LogP contribution in [0.4, 0.5) is 4.39 Å². The molecule has 39 heavy (non-hydrogen) atoms. The summed E-state index contributed by atoms with van der Waals surface area (Å²) in [4.78, 5) is 34.9. The van der Waals surface area contributed by atoms with Gasteiger partial charge in [-0.3, -0.25) is 19.7 Å². The number of fused-ring (bicyclic) bond motifs is 1. The number of aliphatic imine (C=N–C) groups is 2. The van der Waals surface area contributed by atoms with Gasteiger partial charge < -0.3 is 9.84 Å². The van der Waals surface area contributed by atoms with Crippen molar-refractivity contribution in [2.24, 2.45) is 9.98 Å². The molecule has 2 aromatic carbocycles. The zero-order chi connectivity index (χ0) is 27.4. The molecule has 1 aliphatic carbocycles. The average molecular weight is 527 g/mol. The molecule has 7 nitrogen and oxygen atoms in total. The summed E-state index contributed by atoms with van der Waals surface area (Å²) in [6.45, 7) is 1.40. The van der Waals surface area contributed by atoms with Crippen LogP contribution in [0.25, 0.3) is 0 Å². The number of carboxylic acids is 1. The van der Waals surface area contributed by atoms with Gasteiger partial charge in [0.05, 0.1) is 48.8 Å². The molecule has 2 heterocycles. The Morgan fingerprint density at radius 1 is 1.10 bits per heavy atom. The Morgan fingerprint density at radius 2 is 1.85 bits per heavy atom. The third-order valence-electron chi connectivity index (χ3n) is 7.15. The highest BCUT2D eigenvalue weighted by Crippen LogP contribution is 2.25. The summed E-state index contributed by atoms with van der Waals surface area (Å²) in [5, 5.41) is 8.99. The number of unbranched alkanes of at least 4 members (excludes halogenated alkanes) is 1. The molecule has 8 heteroatoms. The summed E-state index contributed by atoms with van der Waals surface area (Å²) < 4.78 is 18.8. The highest BCUT2D eigenvalue weighted by atomic mass is 19.1. The van der Waals surface area contributed by atoms with Crippen LogP contribution in [0, 0.1) is 17.7 Å². The van der Waals surface area contributed by atoms with Gasteiger partial charge in [-0.15, -0.1) is 0 Å². The fourth-order valence-electron chi connectivity index (χ4n) is 4.92. The summed E-state index contributed by atoms with van der Waals surface area (Å²) in [5.41, 5.74) is 4.29. The van der Waals surface area contributed by atoms with Crippen molar-refractivity contribution in [1.82, 2.24) is 0 Å². The van der Waals surface area contributed by atoms with Crippen LogP contribution in [-0.2, 0) is 9.59 Å². The summed E-state index contributed by atoms with van der Waals surface area (Å²) in [6.07, 6.45) is 5.10. The summed E-state index contributed by atoms with van der Waals surface area (Å²) >= 11 is 0. The molecular weight excluding hydrogens is 497 g/mol. The molecule has 0 spiro atoms. The van der Waals surface area contributed by atoms with E-state index in [0.29, 0.717) is 61.0 Å². The average Bonchev–Trinajstić information content (AvgIpc) is 3.12. The van der Waals surface area contributed by atoms with Crippen molar-refractivity contribution in [3.05, 3.63) is 88.9 Å². The number of halogens is 1. The lowest BCUT2D eigenvalue weighted by Gasteiger charge is -2.33. The number of carbonyl (C=O) groups is 2. The molecular formula is C31H29FN3O4+. The predicted octanol–water partition coefficient (Wildman–Crippen LogP) is 3.13. The van der Waals surface area contributed by atoms with Gasteiger partial charge in [0.1, 0.15) is 11.6 Å². The first-order valence-electron chi connectivity index (χ1n) is 13.0. The highest BCUT2D eigenvalue weighted by Gasteiger charge is 2.39.